The van der Waals surface area contributed by atoms with Crippen molar-refractivity contribution in [1.29, 1.82) is 0 Å². The molecule has 0 aliphatic heterocycles. The number of carbonyl (C=O) groups is 1. The van der Waals surface area contributed by atoms with Crippen molar-refractivity contribution >= 4 is 21.9 Å². The third kappa shape index (κ3) is 1.76. The molecule has 0 radical (unpaired) electrons. The lowest BCUT2D eigenvalue weighted by atomic mass is 9.90. The number of halogens is 1. The Balaban J connectivity index is 2.39. The van der Waals surface area contributed by atoms with Crippen LogP contribution in [-0.2, 0) is 14.9 Å². The fourth-order valence-corrected chi connectivity index (χ4v) is 2.91. The number of benzene rings is 1. The van der Waals surface area contributed by atoms with Gasteiger partial charge in [-0.05, 0) is 24.5 Å². The summed E-state index contributed by atoms with van der Waals surface area (Å²) in [6.07, 6.45) is 0.965. The van der Waals surface area contributed by atoms with Crippen molar-refractivity contribution in [2.24, 2.45) is 0 Å². The predicted molar refractivity (Wildman–Crippen MR) is 63.5 cm³/mol. The van der Waals surface area contributed by atoms with Crippen LogP contribution in [0.15, 0.2) is 28.7 Å². The molecule has 1 saturated carbocycles. The van der Waals surface area contributed by atoms with E-state index in [0.717, 1.165) is 22.9 Å². The van der Waals surface area contributed by atoms with Crippen molar-refractivity contribution in [3.63, 3.8) is 0 Å². The van der Waals surface area contributed by atoms with Crippen LogP contribution in [0.5, 0.6) is 0 Å². The highest BCUT2D eigenvalue weighted by Gasteiger charge is 2.55. The first-order valence-electron chi connectivity index (χ1n) is 5.12. The highest BCUT2D eigenvalue weighted by molar-refractivity contribution is 9.10. The molecule has 1 aromatic carbocycles. The zero-order chi connectivity index (χ0) is 11.8. The van der Waals surface area contributed by atoms with E-state index >= 15 is 0 Å². The number of methoxy groups -OCH3 is 1. The van der Waals surface area contributed by atoms with Crippen molar-refractivity contribution in [2.75, 3.05) is 7.11 Å². The number of carboxylic acids is 1. The average Bonchev–Trinajstić information content (AvgIpc) is 3.00. The largest absolute Gasteiger partial charge is 0.479 e. The van der Waals surface area contributed by atoms with Gasteiger partial charge in [-0.25, -0.2) is 4.79 Å². The number of hydrogen-bond acceptors (Lipinski definition) is 2. The summed E-state index contributed by atoms with van der Waals surface area (Å²) in [6, 6.07) is 7.75. The van der Waals surface area contributed by atoms with Crippen molar-refractivity contribution < 1.29 is 14.6 Å². The minimum atomic E-state index is -0.893. The molecule has 1 atom stereocenters. The molecule has 3 nitrogen and oxygen atoms in total. The Morgan fingerprint density at radius 2 is 2.12 bits per heavy atom. The number of ether oxygens (including phenoxy) is 1. The maximum absolute atomic E-state index is 11.2. The Morgan fingerprint density at radius 1 is 1.50 bits per heavy atom. The Kier molecular flexibility index (Phi) is 3.04. The van der Waals surface area contributed by atoms with Crippen LogP contribution in [0.25, 0.3) is 0 Å². The zero-order valence-electron chi connectivity index (χ0n) is 8.94. The smallest absolute Gasteiger partial charge is 0.333 e. The molecule has 2 rings (SSSR count). The van der Waals surface area contributed by atoms with Crippen LogP contribution >= 0.6 is 15.9 Å². The van der Waals surface area contributed by atoms with E-state index in [-0.39, 0.29) is 5.41 Å². The summed E-state index contributed by atoms with van der Waals surface area (Å²) < 4.78 is 6.08. The van der Waals surface area contributed by atoms with Gasteiger partial charge < -0.3 is 9.84 Å². The van der Waals surface area contributed by atoms with E-state index in [2.05, 4.69) is 15.9 Å². The summed E-state index contributed by atoms with van der Waals surface area (Å²) in [5.74, 6) is -0.893. The predicted octanol–water partition coefficient (Wildman–Crippen LogP) is 2.58. The van der Waals surface area contributed by atoms with Gasteiger partial charge in [-0.2, -0.15) is 0 Å². The van der Waals surface area contributed by atoms with Crippen LogP contribution in [0.2, 0.25) is 0 Å². The Bertz CT molecular complexity index is 412. The highest BCUT2D eigenvalue weighted by Crippen LogP contribution is 2.53. The van der Waals surface area contributed by atoms with Crippen LogP contribution in [-0.4, -0.2) is 24.3 Å². The average molecular weight is 285 g/mol. The normalized spacial score (nSPS) is 19.1. The molecule has 1 aliphatic carbocycles. The summed E-state index contributed by atoms with van der Waals surface area (Å²) >= 11 is 3.47. The quantitative estimate of drug-likeness (QED) is 0.924. The van der Waals surface area contributed by atoms with Gasteiger partial charge in [-0.1, -0.05) is 34.1 Å². The monoisotopic (exact) mass is 284 g/mol. The van der Waals surface area contributed by atoms with Gasteiger partial charge >= 0.3 is 5.97 Å². The standard InChI is InChI=1S/C12H13BrO3/c1-16-10(11(14)15)12(6-7-12)8-4-2-3-5-9(8)13/h2-5,10H,6-7H2,1H3,(H,14,15). The Labute approximate surface area is 103 Å². The molecule has 1 aromatic rings. The molecule has 0 amide bonds. The van der Waals surface area contributed by atoms with Crippen molar-refractivity contribution in [3.8, 4) is 0 Å². The minimum Gasteiger partial charge on any atom is -0.479 e. The minimum absolute atomic E-state index is 0.347. The molecule has 1 unspecified atom stereocenters. The van der Waals surface area contributed by atoms with Gasteiger partial charge in [-0.15, -0.1) is 0 Å². The van der Waals surface area contributed by atoms with E-state index in [0.29, 0.717) is 0 Å². The maximum Gasteiger partial charge on any atom is 0.333 e. The Morgan fingerprint density at radius 3 is 2.56 bits per heavy atom. The van der Waals surface area contributed by atoms with Gasteiger partial charge in [0, 0.05) is 17.0 Å². The summed E-state index contributed by atoms with van der Waals surface area (Å²) in [5, 5.41) is 9.16. The molecule has 0 spiro atoms. The van der Waals surface area contributed by atoms with Crippen molar-refractivity contribution in [3.05, 3.63) is 34.3 Å². The summed E-state index contributed by atoms with van der Waals surface area (Å²) in [6.45, 7) is 0. The molecule has 0 bridgehead atoms. The first kappa shape index (κ1) is 11.6. The van der Waals surface area contributed by atoms with Crippen LogP contribution in [0.4, 0.5) is 0 Å². The molecule has 1 fully saturated rings. The van der Waals surface area contributed by atoms with Crippen LogP contribution in [0.3, 0.4) is 0 Å². The zero-order valence-corrected chi connectivity index (χ0v) is 10.5. The van der Waals surface area contributed by atoms with E-state index in [1.54, 1.807) is 0 Å². The molecule has 0 heterocycles. The first-order chi connectivity index (χ1) is 7.62. The molecule has 0 saturated heterocycles. The van der Waals surface area contributed by atoms with Crippen LogP contribution < -0.4 is 0 Å². The molecule has 1 N–H and O–H groups in total. The molecule has 16 heavy (non-hydrogen) atoms. The fraction of sp³-hybridized carbons (Fsp3) is 0.417. The second kappa shape index (κ2) is 4.18. The summed E-state index contributed by atoms with van der Waals surface area (Å²) in [4.78, 5) is 11.2. The third-order valence-electron chi connectivity index (χ3n) is 3.16. The van der Waals surface area contributed by atoms with E-state index in [4.69, 9.17) is 9.84 Å². The van der Waals surface area contributed by atoms with Gasteiger partial charge in [0.2, 0.25) is 0 Å². The van der Waals surface area contributed by atoms with Gasteiger partial charge in [0.1, 0.15) is 0 Å². The number of carboxylic acid groups (broad SMARTS) is 1. The maximum atomic E-state index is 11.2. The molecular weight excluding hydrogens is 272 g/mol. The number of aliphatic carboxylic acids is 1. The van der Waals surface area contributed by atoms with Crippen molar-refractivity contribution in [2.45, 2.75) is 24.4 Å². The SMILES string of the molecule is COC(C(=O)O)C1(c2ccccc2Br)CC1. The third-order valence-corrected chi connectivity index (χ3v) is 3.85. The number of rotatable bonds is 4. The van der Waals surface area contributed by atoms with Crippen LogP contribution in [0, 0.1) is 0 Å². The molecular formula is C12H13BrO3. The topological polar surface area (TPSA) is 46.5 Å². The van der Waals surface area contributed by atoms with Gasteiger partial charge in [0.05, 0.1) is 0 Å². The van der Waals surface area contributed by atoms with Crippen LogP contribution in [0.1, 0.15) is 18.4 Å². The fourth-order valence-electron chi connectivity index (χ4n) is 2.24. The lowest BCUT2D eigenvalue weighted by Gasteiger charge is -2.23. The lowest BCUT2D eigenvalue weighted by molar-refractivity contribution is -0.150. The summed E-state index contributed by atoms with van der Waals surface area (Å²) in [7, 11) is 1.45. The second-order valence-corrected chi connectivity index (χ2v) is 4.94. The van der Waals surface area contributed by atoms with Gasteiger partial charge in [0.15, 0.2) is 6.10 Å². The first-order valence-corrected chi connectivity index (χ1v) is 5.92. The molecule has 4 heteroatoms. The molecule has 1 aliphatic rings. The molecule has 0 aromatic heterocycles. The lowest BCUT2D eigenvalue weighted by Crippen LogP contribution is -2.36. The van der Waals surface area contributed by atoms with E-state index in [9.17, 15) is 4.79 Å². The van der Waals surface area contributed by atoms with E-state index in [1.165, 1.54) is 7.11 Å². The van der Waals surface area contributed by atoms with Gasteiger partial charge in [0.25, 0.3) is 0 Å². The number of hydrogen-bond donors (Lipinski definition) is 1. The van der Waals surface area contributed by atoms with E-state index in [1.807, 2.05) is 24.3 Å². The highest BCUT2D eigenvalue weighted by atomic mass is 79.9. The van der Waals surface area contributed by atoms with Gasteiger partial charge in [-0.3, -0.25) is 0 Å². The van der Waals surface area contributed by atoms with Crippen molar-refractivity contribution in [1.82, 2.24) is 0 Å². The van der Waals surface area contributed by atoms with E-state index < -0.39 is 12.1 Å². The second-order valence-electron chi connectivity index (χ2n) is 4.09. The molecule has 86 valence electrons. The summed E-state index contributed by atoms with van der Waals surface area (Å²) in [5.41, 5.74) is 0.685. The Hall–Kier alpha value is -0.870.